The summed E-state index contributed by atoms with van der Waals surface area (Å²) in [5.41, 5.74) is 3.00. The molecule has 0 N–H and O–H groups in total. The van der Waals surface area contributed by atoms with E-state index in [1.165, 1.54) is 0 Å². The van der Waals surface area contributed by atoms with Crippen molar-refractivity contribution in [3.63, 3.8) is 0 Å². The van der Waals surface area contributed by atoms with E-state index in [4.69, 9.17) is 9.47 Å². The molecule has 0 bridgehead atoms. The van der Waals surface area contributed by atoms with Gasteiger partial charge in [0.2, 0.25) is 5.88 Å². The third kappa shape index (κ3) is 3.12. The first kappa shape index (κ1) is 17.8. The quantitative estimate of drug-likeness (QED) is 0.632. The number of aryl methyl sites for hydroxylation is 1. The Hall–Kier alpha value is -2.96. The van der Waals surface area contributed by atoms with Crippen LogP contribution in [0.3, 0.4) is 0 Å². The number of rotatable bonds is 6. The second-order valence-corrected chi connectivity index (χ2v) is 5.85. The van der Waals surface area contributed by atoms with Crippen molar-refractivity contribution in [3.8, 4) is 5.88 Å². The summed E-state index contributed by atoms with van der Waals surface area (Å²) in [7, 11) is 0. The number of hydrogen-bond donors (Lipinski definition) is 0. The fourth-order valence-electron chi connectivity index (χ4n) is 2.93. The van der Waals surface area contributed by atoms with Crippen LogP contribution in [0.1, 0.15) is 48.4 Å². The van der Waals surface area contributed by atoms with E-state index < -0.39 is 5.97 Å². The second-order valence-electron chi connectivity index (χ2n) is 5.85. The summed E-state index contributed by atoms with van der Waals surface area (Å²) < 4.78 is 12.6. The van der Waals surface area contributed by atoms with Gasteiger partial charge in [0.15, 0.2) is 5.52 Å². The van der Waals surface area contributed by atoms with E-state index in [1.54, 1.807) is 18.5 Å². The summed E-state index contributed by atoms with van der Waals surface area (Å²) >= 11 is 0. The summed E-state index contributed by atoms with van der Waals surface area (Å²) in [5.74, 6) is -0.0612. The molecule has 2 heterocycles. The molecule has 2 aromatic heterocycles. The van der Waals surface area contributed by atoms with E-state index in [-0.39, 0.29) is 12.6 Å². The molecule has 0 saturated carbocycles. The average Bonchev–Trinajstić information content (AvgIpc) is 3.07. The van der Waals surface area contributed by atoms with Crippen LogP contribution < -0.4 is 4.74 Å². The first-order valence-corrected chi connectivity index (χ1v) is 8.68. The number of ether oxygens (including phenoxy) is 2. The molecule has 1 unspecified atom stereocenters. The van der Waals surface area contributed by atoms with Crippen LogP contribution in [-0.4, -0.2) is 39.2 Å². The lowest BCUT2D eigenvalue weighted by Gasteiger charge is -2.16. The van der Waals surface area contributed by atoms with E-state index in [2.05, 4.69) is 15.3 Å². The maximum absolute atomic E-state index is 12.6. The normalized spacial score (nSPS) is 12.2. The Morgan fingerprint density at radius 2 is 1.92 bits per heavy atom. The van der Waals surface area contributed by atoms with Gasteiger partial charge in [0, 0.05) is 0 Å². The zero-order chi connectivity index (χ0) is 18.7. The van der Waals surface area contributed by atoms with Crippen molar-refractivity contribution in [3.05, 3.63) is 47.2 Å². The van der Waals surface area contributed by atoms with Gasteiger partial charge >= 0.3 is 5.97 Å². The zero-order valence-electron chi connectivity index (χ0n) is 15.4. The molecule has 0 radical (unpaired) electrons. The number of nitrogens with zero attached hydrogens (tertiary/aromatic N) is 4. The maximum Gasteiger partial charge on any atom is 0.342 e. The molecule has 7 heteroatoms. The number of carbonyl (C=O) groups excluding carboxylic acids is 1. The lowest BCUT2D eigenvalue weighted by atomic mass is 10.1. The molecule has 0 amide bonds. The Morgan fingerprint density at radius 1 is 1.19 bits per heavy atom. The predicted molar refractivity (Wildman–Crippen MR) is 97.4 cm³/mol. The van der Waals surface area contributed by atoms with Gasteiger partial charge in [-0.2, -0.15) is 0 Å². The monoisotopic (exact) mass is 354 g/mol. The first-order chi connectivity index (χ1) is 12.6. The number of pyridine rings is 1. The Labute approximate surface area is 151 Å². The second kappa shape index (κ2) is 7.51. The number of benzene rings is 1. The standard InChI is InChI=1S/C19H22N4O3/c1-5-25-18-16-17(15(12(3)20-18)19(24)26-6-2)23(22-21-16)13(4)14-10-8-7-9-11-14/h7-11,13H,5-6H2,1-4H3. The molecule has 0 saturated heterocycles. The molecule has 7 nitrogen and oxygen atoms in total. The average molecular weight is 354 g/mol. The van der Waals surface area contributed by atoms with Gasteiger partial charge in [-0.3, -0.25) is 0 Å². The van der Waals surface area contributed by atoms with Gasteiger partial charge in [0.1, 0.15) is 11.1 Å². The van der Waals surface area contributed by atoms with Crippen molar-refractivity contribution in [2.45, 2.75) is 33.7 Å². The van der Waals surface area contributed by atoms with E-state index in [9.17, 15) is 4.79 Å². The highest BCUT2D eigenvalue weighted by Gasteiger charge is 2.26. The smallest absolute Gasteiger partial charge is 0.342 e. The Morgan fingerprint density at radius 3 is 2.58 bits per heavy atom. The van der Waals surface area contributed by atoms with Gasteiger partial charge in [-0.15, -0.1) is 5.10 Å². The van der Waals surface area contributed by atoms with Crippen LogP contribution in [0.15, 0.2) is 30.3 Å². The van der Waals surface area contributed by atoms with Crippen molar-refractivity contribution in [1.29, 1.82) is 0 Å². The summed E-state index contributed by atoms with van der Waals surface area (Å²) in [6, 6.07) is 9.80. The highest BCUT2D eigenvalue weighted by Crippen LogP contribution is 2.31. The van der Waals surface area contributed by atoms with Gasteiger partial charge in [0.05, 0.1) is 24.9 Å². The molecule has 1 aromatic carbocycles. The molecule has 3 rings (SSSR count). The SMILES string of the molecule is CCOC(=O)c1c(C)nc(OCC)c2nnn(C(C)c3ccccc3)c12. The predicted octanol–water partition coefficient (Wildman–Crippen LogP) is 3.32. The molecule has 1 atom stereocenters. The lowest BCUT2D eigenvalue weighted by molar-refractivity contribution is 0.0526. The maximum atomic E-state index is 12.6. The molecular formula is C19H22N4O3. The van der Waals surface area contributed by atoms with Gasteiger partial charge < -0.3 is 9.47 Å². The van der Waals surface area contributed by atoms with Crippen molar-refractivity contribution in [2.24, 2.45) is 0 Å². The van der Waals surface area contributed by atoms with Crippen LogP contribution in [-0.2, 0) is 4.74 Å². The Kier molecular flexibility index (Phi) is 5.16. The van der Waals surface area contributed by atoms with Crippen LogP contribution in [0, 0.1) is 6.92 Å². The summed E-state index contributed by atoms with van der Waals surface area (Å²) in [6.45, 7) is 8.14. The van der Waals surface area contributed by atoms with E-state index in [0.29, 0.717) is 34.8 Å². The van der Waals surface area contributed by atoms with Gasteiger partial charge in [-0.1, -0.05) is 35.5 Å². The van der Waals surface area contributed by atoms with Crippen LogP contribution in [0.25, 0.3) is 11.0 Å². The van der Waals surface area contributed by atoms with Crippen LogP contribution in [0.2, 0.25) is 0 Å². The van der Waals surface area contributed by atoms with Gasteiger partial charge in [-0.05, 0) is 33.3 Å². The number of fused-ring (bicyclic) bond motifs is 1. The Balaban J connectivity index is 2.25. The number of carbonyl (C=O) groups is 1. The third-order valence-electron chi connectivity index (χ3n) is 4.17. The minimum absolute atomic E-state index is 0.120. The van der Waals surface area contributed by atoms with Gasteiger partial charge in [0.25, 0.3) is 0 Å². The molecule has 3 aromatic rings. The minimum atomic E-state index is -0.436. The first-order valence-electron chi connectivity index (χ1n) is 8.68. The van der Waals surface area contributed by atoms with Crippen molar-refractivity contribution in [2.75, 3.05) is 13.2 Å². The molecule has 0 aliphatic carbocycles. The number of hydrogen-bond acceptors (Lipinski definition) is 6. The van der Waals surface area contributed by atoms with Crippen LogP contribution in [0.4, 0.5) is 0 Å². The summed E-state index contributed by atoms with van der Waals surface area (Å²) in [5, 5.41) is 8.54. The highest BCUT2D eigenvalue weighted by molar-refractivity contribution is 6.04. The number of aromatic nitrogens is 4. The largest absolute Gasteiger partial charge is 0.476 e. The minimum Gasteiger partial charge on any atom is -0.476 e. The molecule has 0 fully saturated rings. The fraction of sp³-hybridized carbons (Fsp3) is 0.368. The van der Waals surface area contributed by atoms with Gasteiger partial charge in [-0.25, -0.2) is 14.5 Å². The zero-order valence-corrected chi connectivity index (χ0v) is 15.4. The highest BCUT2D eigenvalue weighted by atomic mass is 16.5. The van der Waals surface area contributed by atoms with E-state index >= 15 is 0 Å². The van der Waals surface area contributed by atoms with Crippen LogP contribution in [0.5, 0.6) is 5.88 Å². The molecule has 136 valence electrons. The molecular weight excluding hydrogens is 332 g/mol. The number of esters is 1. The fourth-order valence-corrected chi connectivity index (χ4v) is 2.93. The summed E-state index contributed by atoms with van der Waals surface area (Å²) in [6.07, 6.45) is 0. The topological polar surface area (TPSA) is 79.1 Å². The van der Waals surface area contributed by atoms with E-state index in [0.717, 1.165) is 5.56 Å². The third-order valence-corrected chi connectivity index (χ3v) is 4.17. The van der Waals surface area contributed by atoms with E-state index in [1.807, 2.05) is 44.2 Å². The van der Waals surface area contributed by atoms with Crippen molar-refractivity contribution in [1.82, 2.24) is 20.0 Å². The molecule has 0 aliphatic rings. The molecule has 0 aliphatic heterocycles. The summed E-state index contributed by atoms with van der Waals surface area (Å²) in [4.78, 5) is 17.0. The Bertz CT molecular complexity index is 921. The van der Waals surface area contributed by atoms with Crippen molar-refractivity contribution >= 4 is 17.0 Å². The molecule has 0 spiro atoms. The lowest BCUT2D eigenvalue weighted by Crippen LogP contribution is -2.15. The van der Waals surface area contributed by atoms with Crippen molar-refractivity contribution < 1.29 is 14.3 Å². The van der Waals surface area contributed by atoms with Crippen LogP contribution >= 0.6 is 0 Å². The molecule has 26 heavy (non-hydrogen) atoms.